The van der Waals surface area contributed by atoms with Gasteiger partial charge in [0, 0.05) is 25.8 Å². The lowest BCUT2D eigenvalue weighted by molar-refractivity contribution is 0.0682. The maximum absolute atomic E-state index is 12.3. The molecule has 17 heavy (non-hydrogen) atoms. The minimum absolute atomic E-state index is 0.160. The van der Waals surface area contributed by atoms with E-state index in [1.807, 2.05) is 27.8 Å². The molecule has 1 fully saturated rings. The molecule has 0 spiro atoms. The molecule has 1 aliphatic heterocycles. The van der Waals surface area contributed by atoms with Crippen LogP contribution in [0.5, 0.6) is 0 Å². The first-order valence-electron chi connectivity index (χ1n) is 6.40. The lowest BCUT2D eigenvalue weighted by Crippen LogP contribution is -2.40. The highest BCUT2D eigenvalue weighted by atomic mass is 16.2. The third-order valence-electron chi connectivity index (χ3n) is 3.62. The maximum atomic E-state index is 12.3. The van der Waals surface area contributed by atoms with Crippen LogP contribution in [0.2, 0.25) is 0 Å². The number of nitrogens with two attached hydrogens (primary N) is 1. The van der Waals surface area contributed by atoms with Gasteiger partial charge >= 0.3 is 0 Å². The first kappa shape index (κ1) is 12.2. The summed E-state index contributed by atoms with van der Waals surface area (Å²) in [6.07, 6.45) is 4.03. The smallest absolute Gasteiger partial charge is 0.270 e. The van der Waals surface area contributed by atoms with Crippen molar-refractivity contribution in [3.8, 4) is 0 Å². The third-order valence-corrected chi connectivity index (χ3v) is 3.62. The molecule has 0 aromatic carbocycles. The van der Waals surface area contributed by atoms with E-state index in [4.69, 9.17) is 5.73 Å². The summed E-state index contributed by atoms with van der Waals surface area (Å²) in [6, 6.07) is 3.84. The second-order valence-corrected chi connectivity index (χ2v) is 4.65. The molecule has 1 saturated heterocycles. The van der Waals surface area contributed by atoms with Crippen molar-refractivity contribution in [2.75, 3.05) is 19.6 Å². The van der Waals surface area contributed by atoms with Gasteiger partial charge < -0.3 is 15.2 Å². The molecule has 0 radical (unpaired) electrons. The molecule has 4 heteroatoms. The van der Waals surface area contributed by atoms with Crippen molar-refractivity contribution in [1.29, 1.82) is 0 Å². The monoisotopic (exact) mass is 235 g/mol. The number of likely N-dealkylation sites (tertiary alicyclic amines) is 1. The number of rotatable bonds is 3. The predicted octanol–water partition coefficient (Wildman–Crippen LogP) is 1.32. The molecule has 2 rings (SSSR count). The fourth-order valence-electron chi connectivity index (χ4n) is 2.42. The van der Waals surface area contributed by atoms with Crippen LogP contribution >= 0.6 is 0 Å². The Morgan fingerprint density at radius 3 is 2.76 bits per heavy atom. The molecule has 0 unspecified atom stereocenters. The van der Waals surface area contributed by atoms with Crippen LogP contribution < -0.4 is 5.73 Å². The zero-order valence-corrected chi connectivity index (χ0v) is 10.4. The molecule has 1 aliphatic rings. The van der Waals surface area contributed by atoms with Gasteiger partial charge in [-0.05, 0) is 44.4 Å². The summed E-state index contributed by atoms with van der Waals surface area (Å²) in [5, 5.41) is 0. The van der Waals surface area contributed by atoms with Gasteiger partial charge in [-0.2, -0.15) is 0 Å². The number of amides is 1. The van der Waals surface area contributed by atoms with Crippen LogP contribution in [0.3, 0.4) is 0 Å². The largest absolute Gasteiger partial charge is 0.344 e. The second-order valence-electron chi connectivity index (χ2n) is 4.65. The Hall–Kier alpha value is -1.29. The lowest BCUT2D eigenvalue weighted by atomic mass is 9.97. The Kier molecular flexibility index (Phi) is 3.84. The van der Waals surface area contributed by atoms with E-state index in [-0.39, 0.29) is 5.91 Å². The van der Waals surface area contributed by atoms with Crippen molar-refractivity contribution in [3.63, 3.8) is 0 Å². The quantitative estimate of drug-likeness (QED) is 0.859. The summed E-state index contributed by atoms with van der Waals surface area (Å²) < 4.78 is 2.00. The van der Waals surface area contributed by atoms with Crippen LogP contribution in [-0.2, 0) is 6.54 Å². The minimum atomic E-state index is 0.160. The average molecular weight is 235 g/mol. The van der Waals surface area contributed by atoms with E-state index < -0.39 is 0 Å². The number of aromatic nitrogens is 1. The number of hydrogen-bond acceptors (Lipinski definition) is 2. The fraction of sp³-hybridized carbons (Fsp3) is 0.615. The van der Waals surface area contributed by atoms with Crippen LogP contribution in [0, 0.1) is 5.92 Å². The highest BCUT2D eigenvalue weighted by molar-refractivity contribution is 5.92. The Labute approximate surface area is 102 Å². The molecule has 0 saturated carbocycles. The predicted molar refractivity (Wildman–Crippen MR) is 67.8 cm³/mol. The second kappa shape index (κ2) is 5.36. The summed E-state index contributed by atoms with van der Waals surface area (Å²) in [4.78, 5) is 14.3. The van der Waals surface area contributed by atoms with Gasteiger partial charge in [-0.3, -0.25) is 4.79 Å². The molecule has 4 nitrogen and oxygen atoms in total. The molecular formula is C13H21N3O. The molecule has 0 bridgehead atoms. The first-order chi connectivity index (χ1) is 8.26. The van der Waals surface area contributed by atoms with Gasteiger partial charge in [0.1, 0.15) is 5.69 Å². The molecule has 2 N–H and O–H groups in total. The van der Waals surface area contributed by atoms with E-state index in [9.17, 15) is 4.79 Å². The lowest BCUT2D eigenvalue weighted by Gasteiger charge is -2.31. The molecule has 0 aliphatic carbocycles. The Morgan fingerprint density at radius 2 is 2.18 bits per heavy atom. The SMILES string of the molecule is CCn1cccc1C(=O)N1CCC(CN)CC1. The van der Waals surface area contributed by atoms with Crippen LogP contribution in [0.25, 0.3) is 0 Å². The van der Waals surface area contributed by atoms with E-state index in [0.717, 1.165) is 44.7 Å². The van der Waals surface area contributed by atoms with Crippen molar-refractivity contribution in [2.45, 2.75) is 26.3 Å². The van der Waals surface area contributed by atoms with E-state index in [1.54, 1.807) is 0 Å². The zero-order chi connectivity index (χ0) is 12.3. The van der Waals surface area contributed by atoms with Gasteiger partial charge in [-0.15, -0.1) is 0 Å². The standard InChI is InChI=1S/C13H21N3O/c1-2-15-7-3-4-12(15)13(17)16-8-5-11(10-14)6-9-16/h3-4,7,11H,2,5-6,8-10,14H2,1H3. The molecule has 0 atom stereocenters. The Morgan fingerprint density at radius 1 is 1.47 bits per heavy atom. The third kappa shape index (κ3) is 2.52. The Balaban J connectivity index is 2.02. The maximum Gasteiger partial charge on any atom is 0.270 e. The van der Waals surface area contributed by atoms with Gasteiger partial charge in [0.2, 0.25) is 0 Å². The van der Waals surface area contributed by atoms with Crippen LogP contribution in [0.15, 0.2) is 18.3 Å². The normalized spacial score (nSPS) is 17.4. The average Bonchev–Trinajstić information content (AvgIpc) is 2.86. The molecule has 2 heterocycles. The minimum Gasteiger partial charge on any atom is -0.344 e. The summed E-state index contributed by atoms with van der Waals surface area (Å²) >= 11 is 0. The number of carbonyl (C=O) groups excluding carboxylic acids is 1. The number of hydrogen-bond donors (Lipinski definition) is 1. The molecule has 1 aromatic rings. The van der Waals surface area contributed by atoms with Crippen molar-refractivity contribution in [3.05, 3.63) is 24.0 Å². The first-order valence-corrected chi connectivity index (χ1v) is 6.40. The van der Waals surface area contributed by atoms with Crippen LogP contribution in [0.1, 0.15) is 30.3 Å². The topological polar surface area (TPSA) is 51.3 Å². The van der Waals surface area contributed by atoms with Gasteiger partial charge in [0.15, 0.2) is 0 Å². The Bertz CT molecular complexity index is 378. The number of piperidine rings is 1. The van der Waals surface area contributed by atoms with Gasteiger partial charge in [-0.25, -0.2) is 0 Å². The summed E-state index contributed by atoms with van der Waals surface area (Å²) in [7, 11) is 0. The van der Waals surface area contributed by atoms with E-state index in [0.29, 0.717) is 5.92 Å². The van der Waals surface area contributed by atoms with Crippen molar-refractivity contribution < 1.29 is 4.79 Å². The highest BCUT2D eigenvalue weighted by Gasteiger charge is 2.24. The number of aryl methyl sites for hydroxylation is 1. The van der Waals surface area contributed by atoms with Crippen LogP contribution in [-0.4, -0.2) is 35.0 Å². The fourth-order valence-corrected chi connectivity index (χ4v) is 2.42. The molecule has 94 valence electrons. The number of carbonyl (C=O) groups is 1. The van der Waals surface area contributed by atoms with Crippen molar-refractivity contribution >= 4 is 5.91 Å². The molecule has 1 aromatic heterocycles. The van der Waals surface area contributed by atoms with Gasteiger partial charge in [0.25, 0.3) is 5.91 Å². The molecular weight excluding hydrogens is 214 g/mol. The summed E-state index contributed by atoms with van der Waals surface area (Å²) in [6.45, 7) is 5.32. The number of nitrogens with zero attached hydrogens (tertiary/aromatic N) is 2. The highest BCUT2D eigenvalue weighted by Crippen LogP contribution is 2.18. The van der Waals surface area contributed by atoms with Crippen molar-refractivity contribution in [1.82, 2.24) is 9.47 Å². The van der Waals surface area contributed by atoms with E-state index in [1.165, 1.54) is 0 Å². The van der Waals surface area contributed by atoms with Gasteiger partial charge in [-0.1, -0.05) is 0 Å². The van der Waals surface area contributed by atoms with Crippen LogP contribution in [0.4, 0.5) is 0 Å². The zero-order valence-electron chi connectivity index (χ0n) is 10.4. The molecule has 1 amide bonds. The van der Waals surface area contributed by atoms with E-state index >= 15 is 0 Å². The summed E-state index contributed by atoms with van der Waals surface area (Å²) in [5.41, 5.74) is 6.46. The summed E-state index contributed by atoms with van der Waals surface area (Å²) in [5.74, 6) is 0.754. The van der Waals surface area contributed by atoms with Crippen molar-refractivity contribution in [2.24, 2.45) is 11.7 Å². The van der Waals surface area contributed by atoms with E-state index in [2.05, 4.69) is 6.92 Å². The van der Waals surface area contributed by atoms with Gasteiger partial charge in [0.05, 0.1) is 0 Å².